The summed E-state index contributed by atoms with van der Waals surface area (Å²) >= 11 is 0. The Bertz CT molecular complexity index is 201. The van der Waals surface area contributed by atoms with E-state index in [1.165, 1.54) is 12.0 Å². The normalized spacial score (nSPS) is 23.5. The lowest BCUT2D eigenvalue weighted by Gasteiger charge is -2.30. The van der Waals surface area contributed by atoms with E-state index in [-0.39, 0.29) is 0 Å². The van der Waals surface area contributed by atoms with Gasteiger partial charge in [0.2, 0.25) is 0 Å². The third-order valence-electron chi connectivity index (χ3n) is 2.58. The smallest absolute Gasteiger partial charge is 0.0318 e. The van der Waals surface area contributed by atoms with Crippen molar-refractivity contribution in [3.8, 4) is 0 Å². The summed E-state index contributed by atoms with van der Waals surface area (Å²) in [7, 11) is 2.19. The van der Waals surface area contributed by atoms with Crippen LogP contribution in [0.25, 0.3) is 0 Å². The molecule has 0 aromatic heterocycles. The average Bonchev–Trinajstić information content (AvgIpc) is 2.03. The van der Waals surface area contributed by atoms with Crippen molar-refractivity contribution in [1.29, 1.82) is 0 Å². The summed E-state index contributed by atoms with van der Waals surface area (Å²) in [5, 5.41) is 0. The van der Waals surface area contributed by atoms with Gasteiger partial charge in [-0.2, -0.15) is 0 Å². The van der Waals surface area contributed by atoms with E-state index in [9.17, 15) is 0 Å². The van der Waals surface area contributed by atoms with Gasteiger partial charge in [0.25, 0.3) is 0 Å². The predicted molar refractivity (Wildman–Crippen MR) is 54.2 cm³/mol. The number of likely N-dealkylation sites (N-methyl/N-ethyl adjacent to an activating group) is 1. The molecule has 12 heavy (non-hydrogen) atoms. The SMILES string of the molecule is CC1=CC=C[C@H](N(C)C(C)C)C1. The highest BCUT2D eigenvalue weighted by Gasteiger charge is 2.15. The van der Waals surface area contributed by atoms with Crippen LogP contribution in [0.4, 0.5) is 0 Å². The first kappa shape index (κ1) is 9.53. The van der Waals surface area contributed by atoms with E-state index in [1.807, 2.05) is 0 Å². The van der Waals surface area contributed by atoms with Crippen LogP contribution >= 0.6 is 0 Å². The predicted octanol–water partition coefficient (Wildman–Crippen LogP) is 2.60. The highest BCUT2D eigenvalue weighted by molar-refractivity contribution is 5.20. The van der Waals surface area contributed by atoms with Crippen molar-refractivity contribution in [3.05, 3.63) is 23.8 Å². The summed E-state index contributed by atoms with van der Waals surface area (Å²) in [5.41, 5.74) is 1.48. The fourth-order valence-electron chi connectivity index (χ4n) is 1.48. The van der Waals surface area contributed by atoms with Crippen LogP contribution in [0.3, 0.4) is 0 Å². The van der Waals surface area contributed by atoms with Gasteiger partial charge in [-0.25, -0.2) is 0 Å². The maximum Gasteiger partial charge on any atom is 0.0318 e. The van der Waals surface area contributed by atoms with E-state index in [2.05, 4.69) is 50.9 Å². The zero-order valence-corrected chi connectivity index (χ0v) is 8.54. The highest BCUT2D eigenvalue weighted by Crippen LogP contribution is 2.17. The van der Waals surface area contributed by atoms with Gasteiger partial charge in [0.15, 0.2) is 0 Å². The molecule has 0 radical (unpaired) electrons. The lowest BCUT2D eigenvalue weighted by Crippen LogP contribution is -2.36. The van der Waals surface area contributed by atoms with Crippen molar-refractivity contribution in [2.75, 3.05) is 7.05 Å². The Morgan fingerprint density at radius 3 is 2.67 bits per heavy atom. The number of hydrogen-bond acceptors (Lipinski definition) is 1. The van der Waals surface area contributed by atoms with Gasteiger partial charge in [-0.05, 0) is 34.2 Å². The van der Waals surface area contributed by atoms with Crippen molar-refractivity contribution < 1.29 is 0 Å². The lowest BCUT2D eigenvalue weighted by molar-refractivity contribution is 0.226. The molecule has 0 N–H and O–H groups in total. The Labute approximate surface area is 75.8 Å². The molecule has 0 aliphatic heterocycles. The number of nitrogens with zero attached hydrogens (tertiary/aromatic N) is 1. The largest absolute Gasteiger partial charge is 0.297 e. The fourth-order valence-corrected chi connectivity index (χ4v) is 1.48. The second kappa shape index (κ2) is 3.90. The second-order valence-corrected chi connectivity index (χ2v) is 3.93. The zero-order valence-electron chi connectivity index (χ0n) is 8.54. The average molecular weight is 165 g/mol. The molecule has 1 rings (SSSR count). The zero-order chi connectivity index (χ0) is 9.14. The Kier molecular flexibility index (Phi) is 3.10. The first-order valence-corrected chi connectivity index (χ1v) is 4.67. The molecule has 0 bridgehead atoms. The minimum Gasteiger partial charge on any atom is -0.297 e. The van der Waals surface area contributed by atoms with Crippen LogP contribution in [0.5, 0.6) is 0 Å². The fraction of sp³-hybridized carbons (Fsp3) is 0.636. The minimum absolute atomic E-state index is 0.606. The molecule has 0 spiro atoms. The molecule has 0 aromatic carbocycles. The lowest BCUT2D eigenvalue weighted by atomic mass is 10.00. The van der Waals surface area contributed by atoms with E-state index in [0.29, 0.717) is 12.1 Å². The molecule has 0 saturated heterocycles. The van der Waals surface area contributed by atoms with Crippen LogP contribution in [0, 0.1) is 0 Å². The van der Waals surface area contributed by atoms with Gasteiger partial charge in [0.1, 0.15) is 0 Å². The van der Waals surface area contributed by atoms with Crippen LogP contribution < -0.4 is 0 Å². The molecule has 1 heteroatoms. The van der Waals surface area contributed by atoms with Crippen LogP contribution in [0.2, 0.25) is 0 Å². The Hall–Kier alpha value is -0.560. The maximum absolute atomic E-state index is 2.41. The molecule has 0 heterocycles. The topological polar surface area (TPSA) is 3.24 Å². The molecule has 1 aliphatic rings. The van der Waals surface area contributed by atoms with Gasteiger partial charge in [0, 0.05) is 12.1 Å². The van der Waals surface area contributed by atoms with E-state index in [4.69, 9.17) is 0 Å². The first-order valence-electron chi connectivity index (χ1n) is 4.67. The van der Waals surface area contributed by atoms with Crippen molar-refractivity contribution in [3.63, 3.8) is 0 Å². The summed E-state index contributed by atoms with van der Waals surface area (Å²) in [6, 6.07) is 1.24. The molecule has 0 amide bonds. The third-order valence-corrected chi connectivity index (χ3v) is 2.58. The van der Waals surface area contributed by atoms with Crippen molar-refractivity contribution >= 4 is 0 Å². The molecule has 0 fully saturated rings. The second-order valence-electron chi connectivity index (χ2n) is 3.93. The molecule has 68 valence electrons. The van der Waals surface area contributed by atoms with Crippen molar-refractivity contribution in [2.45, 2.75) is 39.3 Å². The third kappa shape index (κ3) is 2.21. The summed E-state index contributed by atoms with van der Waals surface area (Å²) in [4.78, 5) is 2.41. The molecule has 1 nitrogen and oxygen atoms in total. The number of hydrogen-bond donors (Lipinski definition) is 0. The van der Waals surface area contributed by atoms with Gasteiger partial charge in [-0.15, -0.1) is 0 Å². The van der Waals surface area contributed by atoms with Crippen LogP contribution in [0.1, 0.15) is 27.2 Å². The van der Waals surface area contributed by atoms with Crippen molar-refractivity contribution in [2.24, 2.45) is 0 Å². The van der Waals surface area contributed by atoms with Gasteiger partial charge in [-0.1, -0.05) is 23.8 Å². The molecule has 1 aliphatic carbocycles. The van der Waals surface area contributed by atoms with Crippen LogP contribution in [-0.4, -0.2) is 24.0 Å². The van der Waals surface area contributed by atoms with E-state index in [0.717, 1.165) is 0 Å². The molecule has 0 saturated carbocycles. The summed E-state index contributed by atoms with van der Waals surface area (Å²) in [5.74, 6) is 0. The monoisotopic (exact) mass is 165 g/mol. The minimum atomic E-state index is 0.606. The van der Waals surface area contributed by atoms with E-state index >= 15 is 0 Å². The standard InChI is InChI=1S/C11H19N/c1-9(2)12(4)11-7-5-6-10(3)8-11/h5-7,9,11H,8H2,1-4H3/t11-/m0/s1. The maximum atomic E-state index is 2.41. The number of rotatable bonds is 2. The summed E-state index contributed by atoms with van der Waals surface area (Å²) in [6.45, 7) is 6.67. The molecular formula is C11H19N. The van der Waals surface area contributed by atoms with E-state index in [1.54, 1.807) is 0 Å². The van der Waals surface area contributed by atoms with Crippen LogP contribution in [0.15, 0.2) is 23.8 Å². The summed E-state index contributed by atoms with van der Waals surface area (Å²) in [6.07, 6.45) is 7.84. The number of allylic oxidation sites excluding steroid dienone is 2. The van der Waals surface area contributed by atoms with Gasteiger partial charge < -0.3 is 0 Å². The molecule has 0 aromatic rings. The summed E-state index contributed by atoms with van der Waals surface area (Å²) < 4.78 is 0. The molecule has 1 atom stereocenters. The van der Waals surface area contributed by atoms with Gasteiger partial charge in [-0.3, -0.25) is 4.90 Å². The first-order chi connectivity index (χ1) is 5.61. The van der Waals surface area contributed by atoms with Gasteiger partial charge >= 0.3 is 0 Å². The van der Waals surface area contributed by atoms with E-state index < -0.39 is 0 Å². The van der Waals surface area contributed by atoms with Crippen LogP contribution in [-0.2, 0) is 0 Å². The Morgan fingerprint density at radius 1 is 1.50 bits per heavy atom. The van der Waals surface area contributed by atoms with Gasteiger partial charge in [0.05, 0.1) is 0 Å². The Morgan fingerprint density at radius 2 is 2.17 bits per heavy atom. The Balaban J connectivity index is 2.56. The molecular weight excluding hydrogens is 146 g/mol. The highest BCUT2D eigenvalue weighted by atomic mass is 15.1. The van der Waals surface area contributed by atoms with Crippen molar-refractivity contribution in [1.82, 2.24) is 4.90 Å². The molecule has 0 unspecified atom stereocenters. The quantitative estimate of drug-likeness (QED) is 0.608.